The van der Waals surface area contributed by atoms with Gasteiger partial charge in [0.25, 0.3) is 0 Å². The first kappa shape index (κ1) is 11.4. The molecule has 1 aromatic carbocycles. The van der Waals surface area contributed by atoms with E-state index in [1.807, 2.05) is 18.6 Å². The second-order valence-electron chi connectivity index (χ2n) is 4.94. The van der Waals surface area contributed by atoms with Crippen LogP contribution in [0.3, 0.4) is 0 Å². The number of aromatic nitrogens is 2. The SMILES string of the molecule is Cc1cc(-c2cn(CC3CNC3)cn2)ccc1F. The number of halogens is 1. The van der Waals surface area contributed by atoms with E-state index >= 15 is 0 Å². The summed E-state index contributed by atoms with van der Waals surface area (Å²) >= 11 is 0. The smallest absolute Gasteiger partial charge is 0.126 e. The number of nitrogens with zero attached hydrogens (tertiary/aromatic N) is 2. The standard InChI is InChI=1S/C14H16FN3/c1-10-4-12(2-3-13(10)15)14-8-18(9-17-14)7-11-5-16-6-11/h2-4,8-9,11,16H,5-7H2,1H3. The summed E-state index contributed by atoms with van der Waals surface area (Å²) in [5.41, 5.74) is 2.54. The molecule has 2 aromatic rings. The third-order valence-corrected chi connectivity index (χ3v) is 3.42. The van der Waals surface area contributed by atoms with Crippen molar-refractivity contribution in [2.45, 2.75) is 13.5 Å². The molecule has 0 unspecified atom stereocenters. The summed E-state index contributed by atoms with van der Waals surface area (Å²) < 4.78 is 15.3. The molecule has 94 valence electrons. The van der Waals surface area contributed by atoms with Gasteiger partial charge < -0.3 is 9.88 Å². The molecule has 1 aromatic heterocycles. The highest BCUT2D eigenvalue weighted by Gasteiger charge is 2.17. The Morgan fingerprint density at radius 3 is 2.94 bits per heavy atom. The van der Waals surface area contributed by atoms with Crippen molar-refractivity contribution in [1.29, 1.82) is 0 Å². The van der Waals surface area contributed by atoms with Gasteiger partial charge in [-0.05, 0) is 30.7 Å². The molecule has 0 amide bonds. The molecule has 1 aliphatic rings. The summed E-state index contributed by atoms with van der Waals surface area (Å²) in [6.07, 6.45) is 3.89. The highest BCUT2D eigenvalue weighted by atomic mass is 19.1. The zero-order valence-electron chi connectivity index (χ0n) is 10.4. The first-order valence-corrected chi connectivity index (χ1v) is 6.21. The van der Waals surface area contributed by atoms with Crippen LogP contribution in [-0.2, 0) is 6.54 Å². The fourth-order valence-corrected chi connectivity index (χ4v) is 2.19. The molecule has 2 heterocycles. The molecule has 18 heavy (non-hydrogen) atoms. The van der Waals surface area contributed by atoms with Crippen LogP contribution in [0.15, 0.2) is 30.7 Å². The Hall–Kier alpha value is -1.68. The average molecular weight is 245 g/mol. The van der Waals surface area contributed by atoms with Crippen molar-refractivity contribution in [2.24, 2.45) is 5.92 Å². The Kier molecular flexibility index (Phi) is 2.88. The fraction of sp³-hybridized carbons (Fsp3) is 0.357. The zero-order valence-corrected chi connectivity index (χ0v) is 10.4. The van der Waals surface area contributed by atoms with Crippen LogP contribution in [0.2, 0.25) is 0 Å². The highest BCUT2D eigenvalue weighted by Crippen LogP contribution is 2.20. The maximum absolute atomic E-state index is 13.2. The maximum atomic E-state index is 13.2. The number of rotatable bonds is 3. The number of aryl methyl sites for hydroxylation is 1. The van der Waals surface area contributed by atoms with E-state index in [0.29, 0.717) is 11.5 Å². The van der Waals surface area contributed by atoms with Crippen LogP contribution in [0.1, 0.15) is 5.56 Å². The molecule has 0 bridgehead atoms. The predicted octanol–water partition coefficient (Wildman–Crippen LogP) is 2.22. The Balaban J connectivity index is 1.80. The third-order valence-electron chi connectivity index (χ3n) is 3.42. The van der Waals surface area contributed by atoms with Gasteiger partial charge in [-0.2, -0.15) is 0 Å². The normalized spacial score (nSPS) is 15.7. The van der Waals surface area contributed by atoms with Gasteiger partial charge in [0.2, 0.25) is 0 Å². The zero-order chi connectivity index (χ0) is 12.5. The molecule has 4 heteroatoms. The largest absolute Gasteiger partial charge is 0.336 e. The van der Waals surface area contributed by atoms with Crippen molar-refractivity contribution in [2.75, 3.05) is 13.1 Å². The number of benzene rings is 1. The van der Waals surface area contributed by atoms with Crippen molar-refractivity contribution in [3.8, 4) is 11.3 Å². The molecule has 0 atom stereocenters. The van der Waals surface area contributed by atoms with E-state index in [1.54, 1.807) is 13.0 Å². The van der Waals surface area contributed by atoms with Crippen LogP contribution in [0, 0.1) is 18.7 Å². The Labute approximate surface area is 106 Å². The van der Waals surface area contributed by atoms with Gasteiger partial charge in [0.1, 0.15) is 5.82 Å². The van der Waals surface area contributed by atoms with Gasteiger partial charge in [0.15, 0.2) is 0 Å². The predicted molar refractivity (Wildman–Crippen MR) is 68.7 cm³/mol. The highest BCUT2D eigenvalue weighted by molar-refractivity contribution is 5.59. The molecule has 0 aliphatic carbocycles. The molecule has 3 nitrogen and oxygen atoms in total. The molecular formula is C14H16FN3. The van der Waals surface area contributed by atoms with Gasteiger partial charge in [0.05, 0.1) is 12.0 Å². The molecule has 1 N–H and O–H groups in total. The van der Waals surface area contributed by atoms with E-state index in [2.05, 4.69) is 14.9 Å². The second-order valence-corrected chi connectivity index (χ2v) is 4.94. The lowest BCUT2D eigenvalue weighted by atomic mass is 10.0. The molecule has 1 aliphatic heterocycles. The van der Waals surface area contributed by atoms with Gasteiger partial charge in [0, 0.05) is 37.3 Å². The number of nitrogens with one attached hydrogen (secondary N) is 1. The molecule has 0 radical (unpaired) electrons. The molecular weight excluding hydrogens is 229 g/mol. The maximum Gasteiger partial charge on any atom is 0.126 e. The number of hydrogen-bond acceptors (Lipinski definition) is 2. The minimum atomic E-state index is -0.168. The number of imidazole rings is 1. The van der Waals surface area contributed by atoms with Crippen LogP contribution in [0.5, 0.6) is 0 Å². The van der Waals surface area contributed by atoms with E-state index in [1.165, 1.54) is 6.07 Å². The van der Waals surface area contributed by atoms with E-state index in [-0.39, 0.29) is 5.82 Å². The van der Waals surface area contributed by atoms with Gasteiger partial charge in [-0.25, -0.2) is 9.37 Å². The minimum absolute atomic E-state index is 0.168. The Morgan fingerprint density at radius 2 is 2.28 bits per heavy atom. The fourth-order valence-electron chi connectivity index (χ4n) is 2.19. The van der Waals surface area contributed by atoms with Crippen LogP contribution < -0.4 is 5.32 Å². The third kappa shape index (κ3) is 2.16. The lowest BCUT2D eigenvalue weighted by Gasteiger charge is -2.27. The molecule has 1 saturated heterocycles. The van der Waals surface area contributed by atoms with Crippen LogP contribution in [0.4, 0.5) is 4.39 Å². The summed E-state index contributed by atoms with van der Waals surface area (Å²) in [6, 6.07) is 5.12. The van der Waals surface area contributed by atoms with Gasteiger partial charge in [-0.1, -0.05) is 0 Å². The number of hydrogen-bond donors (Lipinski definition) is 1. The summed E-state index contributed by atoms with van der Waals surface area (Å²) in [7, 11) is 0. The van der Waals surface area contributed by atoms with Crippen LogP contribution in [0.25, 0.3) is 11.3 Å². The second kappa shape index (κ2) is 4.53. The first-order chi connectivity index (χ1) is 8.72. The molecule has 0 saturated carbocycles. The first-order valence-electron chi connectivity index (χ1n) is 6.21. The van der Waals surface area contributed by atoms with Crippen LogP contribution in [-0.4, -0.2) is 22.6 Å². The van der Waals surface area contributed by atoms with E-state index < -0.39 is 0 Å². The monoisotopic (exact) mass is 245 g/mol. The summed E-state index contributed by atoms with van der Waals surface area (Å²) in [5, 5.41) is 3.26. The lowest BCUT2D eigenvalue weighted by Crippen LogP contribution is -2.44. The Morgan fingerprint density at radius 1 is 1.44 bits per heavy atom. The minimum Gasteiger partial charge on any atom is -0.336 e. The van der Waals surface area contributed by atoms with Crippen molar-refractivity contribution < 1.29 is 4.39 Å². The van der Waals surface area contributed by atoms with E-state index in [0.717, 1.165) is 30.9 Å². The van der Waals surface area contributed by atoms with E-state index in [9.17, 15) is 4.39 Å². The Bertz CT molecular complexity index is 558. The topological polar surface area (TPSA) is 29.9 Å². The van der Waals surface area contributed by atoms with Gasteiger partial charge in [-0.15, -0.1) is 0 Å². The van der Waals surface area contributed by atoms with E-state index in [4.69, 9.17) is 0 Å². The van der Waals surface area contributed by atoms with Crippen molar-refractivity contribution >= 4 is 0 Å². The lowest BCUT2D eigenvalue weighted by molar-refractivity contribution is 0.306. The summed E-state index contributed by atoms with van der Waals surface area (Å²) in [5.74, 6) is 0.542. The quantitative estimate of drug-likeness (QED) is 0.898. The van der Waals surface area contributed by atoms with Crippen LogP contribution >= 0.6 is 0 Å². The molecule has 1 fully saturated rings. The van der Waals surface area contributed by atoms with Crippen molar-refractivity contribution in [3.63, 3.8) is 0 Å². The molecule has 3 rings (SSSR count). The summed E-state index contributed by atoms with van der Waals surface area (Å²) in [6.45, 7) is 4.95. The molecule has 0 spiro atoms. The average Bonchev–Trinajstić information content (AvgIpc) is 2.76. The van der Waals surface area contributed by atoms with Crippen molar-refractivity contribution in [1.82, 2.24) is 14.9 Å². The van der Waals surface area contributed by atoms with Gasteiger partial charge >= 0.3 is 0 Å². The van der Waals surface area contributed by atoms with Crippen molar-refractivity contribution in [3.05, 3.63) is 42.1 Å². The van der Waals surface area contributed by atoms with Gasteiger partial charge in [-0.3, -0.25) is 0 Å². The summed E-state index contributed by atoms with van der Waals surface area (Å²) in [4.78, 5) is 4.39.